The molecule has 0 spiro atoms. The second kappa shape index (κ2) is 7.72. The van der Waals surface area contributed by atoms with Gasteiger partial charge in [0.2, 0.25) is 0 Å². The van der Waals surface area contributed by atoms with Crippen molar-refractivity contribution in [2.75, 3.05) is 5.32 Å². The molecule has 3 rings (SSSR count). The Kier molecular flexibility index (Phi) is 5.38. The molecule has 1 aliphatic rings. The van der Waals surface area contributed by atoms with Gasteiger partial charge < -0.3 is 11.1 Å². The Balaban J connectivity index is 1.93. The molecule has 7 heteroatoms. The van der Waals surface area contributed by atoms with Gasteiger partial charge in [-0.2, -0.15) is 5.26 Å². The number of fused-ring (bicyclic) bond motifs is 1. The minimum atomic E-state index is -0.699. The molecule has 0 saturated carbocycles. The first-order valence-electron chi connectivity index (χ1n) is 8.52. The zero-order chi connectivity index (χ0) is 19.6. The average Bonchev–Trinajstić information content (AvgIpc) is 2.97. The molecule has 0 radical (unpaired) electrons. The molecule has 27 heavy (non-hydrogen) atoms. The van der Waals surface area contributed by atoms with Gasteiger partial charge in [0.15, 0.2) is 0 Å². The van der Waals surface area contributed by atoms with Gasteiger partial charge in [0.25, 0.3) is 11.8 Å². The highest BCUT2D eigenvalue weighted by Crippen LogP contribution is 2.39. The Morgan fingerprint density at radius 2 is 2.15 bits per heavy atom. The van der Waals surface area contributed by atoms with E-state index in [1.807, 2.05) is 0 Å². The van der Waals surface area contributed by atoms with Crippen molar-refractivity contribution in [3.05, 3.63) is 57.2 Å². The number of anilines is 1. The summed E-state index contributed by atoms with van der Waals surface area (Å²) in [5.41, 5.74) is 6.62. The van der Waals surface area contributed by atoms with E-state index in [1.165, 1.54) is 35.6 Å². The molecule has 0 aliphatic heterocycles. The van der Waals surface area contributed by atoms with Gasteiger partial charge in [-0.15, -0.1) is 11.3 Å². The van der Waals surface area contributed by atoms with Crippen LogP contribution in [0.5, 0.6) is 0 Å². The summed E-state index contributed by atoms with van der Waals surface area (Å²) >= 11 is 1.32. The quantitative estimate of drug-likeness (QED) is 0.623. The Morgan fingerprint density at radius 1 is 1.41 bits per heavy atom. The molecule has 0 bridgehead atoms. The maximum atomic E-state index is 13.8. The van der Waals surface area contributed by atoms with Crippen molar-refractivity contribution in [3.63, 3.8) is 0 Å². The third-order valence-electron chi connectivity index (χ3n) is 4.56. The third-order valence-corrected chi connectivity index (χ3v) is 5.73. The van der Waals surface area contributed by atoms with Crippen LogP contribution in [0.2, 0.25) is 0 Å². The third kappa shape index (κ3) is 3.91. The molecular formula is C20H18FN3O2S. The Bertz CT molecular complexity index is 988. The average molecular weight is 383 g/mol. The van der Waals surface area contributed by atoms with E-state index in [2.05, 4.69) is 12.2 Å². The number of nitrogens with zero attached hydrogens (tertiary/aromatic N) is 1. The van der Waals surface area contributed by atoms with E-state index in [0.29, 0.717) is 16.5 Å². The number of nitriles is 1. The van der Waals surface area contributed by atoms with Crippen LogP contribution in [0.3, 0.4) is 0 Å². The van der Waals surface area contributed by atoms with Crippen LogP contribution >= 0.6 is 11.3 Å². The van der Waals surface area contributed by atoms with Gasteiger partial charge in [-0.3, -0.25) is 9.59 Å². The van der Waals surface area contributed by atoms with Crippen LogP contribution in [-0.4, -0.2) is 11.8 Å². The number of primary amides is 1. The zero-order valence-corrected chi connectivity index (χ0v) is 15.5. The lowest BCUT2D eigenvalue weighted by molar-refractivity contribution is -0.112. The van der Waals surface area contributed by atoms with Crippen molar-refractivity contribution >= 4 is 34.2 Å². The van der Waals surface area contributed by atoms with Crippen LogP contribution in [0, 0.1) is 23.1 Å². The van der Waals surface area contributed by atoms with Crippen molar-refractivity contribution in [2.45, 2.75) is 26.2 Å². The van der Waals surface area contributed by atoms with Crippen molar-refractivity contribution in [1.29, 1.82) is 5.26 Å². The van der Waals surface area contributed by atoms with E-state index in [9.17, 15) is 19.2 Å². The van der Waals surface area contributed by atoms with E-state index in [1.54, 1.807) is 12.1 Å². The number of benzene rings is 1. The standard InChI is InChI=1S/C20H18FN3O2S/c1-11-6-7-14-16(8-11)27-20(17(14)18(23)25)24-19(26)13(10-22)9-12-4-2-3-5-15(12)21/h2-5,9,11H,6-8H2,1H3,(H2,23,25)(H,24,26)/b13-9+/t11-/m1/s1. The highest BCUT2D eigenvalue weighted by atomic mass is 32.1. The molecule has 0 fully saturated rings. The van der Waals surface area contributed by atoms with Crippen LogP contribution < -0.4 is 11.1 Å². The summed E-state index contributed by atoms with van der Waals surface area (Å²) in [5, 5.41) is 12.3. The highest BCUT2D eigenvalue weighted by Gasteiger charge is 2.27. The van der Waals surface area contributed by atoms with Gasteiger partial charge in [0, 0.05) is 10.4 Å². The second-order valence-corrected chi connectivity index (χ2v) is 7.67. The largest absolute Gasteiger partial charge is 0.365 e. The monoisotopic (exact) mass is 383 g/mol. The zero-order valence-electron chi connectivity index (χ0n) is 14.7. The van der Waals surface area contributed by atoms with Crippen molar-refractivity contribution in [1.82, 2.24) is 0 Å². The molecule has 5 nitrogen and oxygen atoms in total. The van der Waals surface area contributed by atoms with Crippen molar-refractivity contribution in [3.8, 4) is 6.07 Å². The summed E-state index contributed by atoms with van der Waals surface area (Å²) in [6.07, 6.45) is 3.70. The summed E-state index contributed by atoms with van der Waals surface area (Å²) in [6.45, 7) is 2.13. The maximum Gasteiger partial charge on any atom is 0.266 e. The number of amides is 2. The van der Waals surface area contributed by atoms with Crippen molar-refractivity contribution < 1.29 is 14.0 Å². The first-order chi connectivity index (χ1) is 12.9. The maximum absolute atomic E-state index is 13.8. The number of nitrogens with one attached hydrogen (secondary N) is 1. The predicted molar refractivity (Wildman–Crippen MR) is 103 cm³/mol. The molecule has 2 amide bonds. The van der Waals surface area contributed by atoms with Gasteiger partial charge in [0.1, 0.15) is 22.5 Å². The van der Waals surface area contributed by atoms with Gasteiger partial charge in [0.05, 0.1) is 5.56 Å². The molecule has 1 heterocycles. The van der Waals surface area contributed by atoms with Crippen LogP contribution in [0.15, 0.2) is 29.8 Å². The Labute approximate surface area is 160 Å². The predicted octanol–water partition coefficient (Wildman–Crippen LogP) is 3.66. The molecule has 3 N–H and O–H groups in total. The number of nitrogens with two attached hydrogens (primary N) is 1. The number of rotatable bonds is 4. The van der Waals surface area contributed by atoms with Crippen LogP contribution in [0.4, 0.5) is 9.39 Å². The molecule has 0 saturated heterocycles. The summed E-state index contributed by atoms with van der Waals surface area (Å²) in [5.74, 6) is -1.34. The lowest BCUT2D eigenvalue weighted by atomic mass is 9.88. The first kappa shape index (κ1) is 18.8. The van der Waals surface area contributed by atoms with E-state index < -0.39 is 17.6 Å². The van der Waals surface area contributed by atoms with E-state index in [-0.39, 0.29) is 11.1 Å². The van der Waals surface area contributed by atoms with Gasteiger partial charge in [-0.25, -0.2) is 4.39 Å². The molecular weight excluding hydrogens is 365 g/mol. The number of carbonyl (C=O) groups excluding carboxylic acids is 2. The van der Waals surface area contributed by atoms with E-state index in [0.717, 1.165) is 29.7 Å². The number of thiophene rings is 1. The Morgan fingerprint density at radius 3 is 2.81 bits per heavy atom. The highest BCUT2D eigenvalue weighted by molar-refractivity contribution is 7.17. The minimum absolute atomic E-state index is 0.138. The van der Waals surface area contributed by atoms with Gasteiger partial charge in [-0.05, 0) is 42.9 Å². The fourth-order valence-electron chi connectivity index (χ4n) is 3.17. The molecule has 2 aromatic rings. The van der Waals surface area contributed by atoms with Crippen LogP contribution in [-0.2, 0) is 17.6 Å². The molecule has 138 valence electrons. The smallest absolute Gasteiger partial charge is 0.266 e. The van der Waals surface area contributed by atoms with Gasteiger partial charge >= 0.3 is 0 Å². The normalized spacial score (nSPS) is 16.3. The first-order valence-corrected chi connectivity index (χ1v) is 9.34. The van der Waals surface area contributed by atoms with Gasteiger partial charge in [-0.1, -0.05) is 25.1 Å². The summed E-state index contributed by atoms with van der Waals surface area (Å²) in [6, 6.07) is 7.64. The molecule has 0 unspecified atom stereocenters. The molecule has 1 aromatic carbocycles. The number of halogens is 1. The lowest BCUT2D eigenvalue weighted by Crippen LogP contribution is -2.19. The molecule has 1 aliphatic carbocycles. The fraction of sp³-hybridized carbons (Fsp3) is 0.250. The fourth-order valence-corrected chi connectivity index (χ4v) is 4.58. The van der Waals surface area contributed by atoms with E-state index >= 15 is 0 Å². The summed E-state index contributed by atoms with van der Waals surface area (Å²) < 4.78 is 13.8. The van der Waals surface area contributed by atoms with Crippen LogP contribution in [0.25, 0.3) is 6.08 Å². The van der Waals surface area contributed by atoms with Crippen molar-refractivity contribution in [2.24, 2.45) is 11.7 Å². The van der Waals surface area contributed by atoms with Crippen LogP contribution in [0.1, 0.15) is 39.7 Å². The lowest BCUT2D eigenvalue weighted by Gasteiger charge is -2.18. The SMILES string of the molecule is C[C@@H]1CCc2c(sc(NC(=O)/C(C#N)=C/c3ccccc3F)c2C(N)=O)C1. The number of carbonyl (C=O) groups is 2. The summed E-state index contributed by atoms with van der Waals surface area (Å²) in [7, 11) is 0. The number of hydrogen-bond donors (Lipinski definition) is 2. The molecule has 1 atom stereocenters. The Hall–Kier alpha value is -2.98. The topological polar surface area (TPSA) is 96.0 Å². The summed E-state index contributed by atoms with van der Waals surface area (Å²) in [4.78, 5) is 25.5. The minimum Gasteiger partial charge on any atom is -0.365 e. The second-order valence-electron chi connectivity index (χ2n) is 6.57. The number of hydrogen-bond acceptors (Lipinski definition) is 4. The molecule has 1 aromatic heterocycles. The van der Waals surface area contributed by atoms with E-state index in [4.69, 9.17) is 5.73 Å².